The molecule has 0 saturated heterocycles. The Morgan fingerprint density at radius 3 is 2.62 bits per heavy atom. The van der Waals surface area contributed by atoms with Gasteiger partial charge < -0.3 is 5.32 Å². The number of hydrogen-bond donors (Lipinski definition) is 1. The average Bonchev–Trinajstić information content (AvgIpc) is 3.10. The SMILES string of the molecule is CCc1ccc(N(C(=O)Nc2cccc(C)c2)C2=NCCC2)cc1. The molecule has 2 amide bonds. The molecule has 0 aliphatic carbocycles. The summed E-state index contributed by atoms with van der Waals surface area (Å²) in [5, 5.41) is 2.99. The molecule has 0 radical (unpaired) electrons. The van der Waals surface area contributed by atoms with E-state index in [4.69, 9.17) is 0 Å². The van der Waals surface area contributed by atoms with E-state index in [-0.39, 0.29) is 6.03 Å². The first-order valence-corrected chi connectivity index (χ1v) is 8.47. The van der Waals surface area contributed by atoms with E-state index >= 15 is 0 Å². The summed E-state index contributed by atoms with van der Waals surface area (Å²) in [5.74, 6) is 0.837. The predicted octanol–water partition coefficient (Wildman–Crippen LogP) is 4.79. The molecule has 4 heteroatoms. The molecule has 0 spiro atoms. The summed E-state index contributed by atoms with van der Waals surface area (Å²) in [4.78, 5) is 19.1. The normalized spacial score (nSPS) is 13.5. The van der Waals surface area contributed by atoms with E-state index in [0.29, 0.717) is 0 Å². The number of carbonyl (C=O) groups excluding carboxylic acids is 1. The Hall–Kier alpha value is -2.62. The number of rotatable bonds is 3. The third-order valence-corrected chi connectivity index (χ3v) is 4.19. The average molecular weight is 321 g/mol. The zero-order valence-corrected chi connectivity index (χ0v) is 14.2. The number of aliphatic imine (C=N–C) groups is 1. The number of anilines is 2. The minimum absolute atomic E-state index is 0.162. The fraction of sp³-hybridized carbons (Fsp3) is 0.300. The van der Waals surface area contributed by atoms with E-state index in [9.17, 15) is 4.79 Å². The highest BCUT2D eigenvalue weighted by Crippen LogP contribution is 2.22. The number of hydrogen-bond acceptors (Lipinski definition) is 2. The minimum Gasteiger partial charge on any atom is -0.307 e. The van der Waals surface area contributed by atoms with Crippen molar-refractivity contribution in [2.24, 2.45) is 4.99 Å². The van der Waals surface area contributed by atoms with E-state index in [2.05, 4.69) is 29.4 Å². The maximum atomic E-state index is 12.9. The summed E-state index contributed by atoms with van der Waals surface area (Å²) in [5.41, 5.74) is 4.03. The fourth-order valence-corrected chi connectivity index (χ4v) is 2.87. The lowest BCUT2D eigenvalue weighted by Crippen LogP contribution is -2.39. The highest BCUT2D eigenvalue weighted by atomic mass is 16.2. The number of amides is 2. The van der Waals surface area contributed by atoms with Crippen LogP contribution in [0.2, 0.25) is 0 Å². The minimum atomic E-state index is -0.162. The maximum absolute atomic E-state index is 12.9. The molecule has 0 saturated carbocycles. The molecule has 4 nitrogen and oxygen atoms in total. The van der Waals surface area contributed by atoms with Crippen molar-refractivity contribution in [2.45, 2.75) is 33.1 Å². The Bertz CT molecular complexity index is 750. The molecule has 2 aromatic carbocycles. The van der Waals surface area contributed by atoms with E-state index in [0.717, 1.165) is 48.6 Å². The number of carbonyl (C=O) groups is 1. The Morgan fingerprint density at radius 1 is 1.21 bits per heavy atom. The molecule has 0 atom stereocenters. The highest BCUT2D eigenvalue weighted by Gasteiger charge is 2.23. The van der Waals surface area contributed by atoms with Gasteiger partial charge in [0.1, 0.15) is 5.84 Å². The lowest BCUT2D eigenvalue weighted by atomic mass is 10.1. The first kappa shape index (κ1) is 16.2. The van der Waals surface area contributed by atoms with Crippen LogP contribution in [0, 0.1) is 6.92 Å². The van der Waals surface area contributed by atoms with Gasteiger partial charge in [-0.25, -0.2) is 4.79 Å². The molecule has 0 bridgehead atoms. The van der Waals surface area contributed by atoms with Crippen molar-refractivity contribution in [1.82, 2.24) is 0 Å². The third kappa shape index (κ3) is 3.65. The Kier molecular flexibility index (Phi) is 4.94. The van der Waals surface area contributed by atoms with Crippen molar-refractivity contribution in [3.63, 3.8) is 0 Å². The molecule has 0 fully saturated rings. The monoisotopic (exact) mass is 321 g/mol. The fourth-order valence-electron chi connectivity index (χ4n) is 2.87. The molecule has 1 aliphatic rings. The molecule has 1 aliphatic heterocycles. The second-order valence-corrected chi connectivity index (χ2v) is 6.06. The van der Waals surface area contributed by atoms with Gasteiger partial charge in [0.2, 0.25) is 0 Å². The summed E-state index contributed by atoms with van der Waals surface area (Å²) >= 11 is 0. The van der Waals surface area contributed by atoms with E-state index in [1.54, 1.807) is 4.90 Å². The summed E-state index contributed by atoms with van der Waals surface area (Å²) in [7, 11) is 0. The van der Waals surface area contributed by atoms with E-state index in [1.165, 1.54) is 5.56 Å². The smallest absolute Gasteiger partial charge is 0.307 e. The highest BCUT2D eigenvalue weighted by molar-refractivity contribution is 6.20. The van der Waals surface area contributed by atoms with Crippen molar-refractivity contribution < 1.29 is 4.79 Å². The molecular formula is C20H23N3O. The molecule has 1 N–H and O–H groups in total. The van der Waals surface area contributed by atoms with Crippen molar-refractivity contribution in [3.8, 4) is 0 Å². The molecule has 2 aromatic rings. The molecule has 1 heterocycles. The van der Waals surface area contributed by atoms with Gasteiger partial charge >= 0.3 is 6.03 Å². The van der Waals surface area contributed by atoms with Gasteiger partial charge in [-0.05, 0) is 55.2 Å². The van der Waals surface area contributed by atoms with Crippen LogP contribution in [-0.2, 0) is 6.42 Å². The number of urea groups is 1. The van der Waals surface area contributed by atoms with Crippen molar-refractivity contribution in [3.05, 3.63) is 59.7 Å². The second-order valence-electron chi connectivity index (χ2n) is 6.06. The number of nitrogens with zero attached hydrogens (tertiary/aromatic N) is 2. The summed E-state index contributed by atoms with van der Waals surface area (Å²) in [6, 6.07) is 15.8. The van der Waals surface area contributed by atoms with Gasteiger partial charge in [-0.3, -0.25) is 9.89 Å². The first-order chi connectivity index (χ1) is 11.7. The Balaban J connectivity index is 1.87. The predicted molar refractivity (Wildman–Crippen MR) is 100 cm³/mol. The first-order valence-electron chi connectivity index (χ1n) is 8.47. The van der Waals surface area contributed by atoms with Gasteiger partial charge in [-0.1, -0.05) is 31.2 Å². The van der Waals surface area contributed by atoms with Gasteiger partial charge in [-0.15, -0.1) is 0 Å². The van der Waals surface area contributed by atoms with Crippen molar-refractivity contribution in [1.29, 1.82) is 0 Å². The molecule has 3 rings (SSSR count). The molecule has 124 valence electrons. The van der Waals surface area contributed by atoms with Crippen LogP contribution in [-0.4, -0.2) is 18.4 Å². The van der Waals surface area contributed by atoms with Crippen molar-refractivity contribution >= 4 is 23.2 Å². The summed E-state index contributed by atoms with van der Waals surface area (Å²) in [6.07, 6.45) is 2.81. The van der Waals surface area contributed by atoms with Crippen LogP contribution in [0.5, 0.6) is 0 Å². The quantitative estimate of drug-likeness (QED) is 0.868. The van der Waals surface area contributed by atoms with Gasteiger partial charge in [0.25, 0.3) is 0 Å². The Labute approximate surface area is 143 Å². The summed E-state index contributed by atoms with van der Waals surface area (Å²) in [6.45, 7) is 4.92. The molecular weight excluding hydrogens is 298 g/mol. The van der Waals surface area contributed by atoms with Crippen LogP contribution in [0.1, 0.15) is 30.9 Å². The van der Waals surface area contributed by atoms with Crippen LogP contribution < -0.4 is 10.2 Å². The van der Waals surface area contributed by atoms with Crippen LogP contribution in [0.4, 0.5) is 16.2 Å². The topological polar surface area (TPSA) is 44.7 Å². The largest absolute Gasteiger partial charge is 0.331 e. The molecule has 0 unspecified atom stereocenters. The van der Waals surface area contributed by atoms with Crippen LogP contribution in [0.3, 0.4) is 0 Å². The Morgan fingerprint density at radius 2 is 2.00 bits per heavy atom. The number of benzene rings is 2. The maximum Gasteiger partial charge on any atom is 0.331 e. The zero-order chi connectivity index (χ0) is 16.9. The van der Waals surface area contributed by atoms with Gasteiger partial charge in [0, 0.05) is 18.7 Å². The number of nitrogens with one attached hydrogen (secondary N) is 1. The number of amidine groups is 1. The van der Waals surface area contributed by atoms with Crippen LogP contribution in [0.15, 0.2) is 53.5 Å². The molecule has 24 heavy (non-hydrogen) atoms. The zero-order valence-electron chi connectivity index (χ0n) is 14.2. The van der Waals surface area contributed by atoms with Gasteiger partial charge in [0.15, 0.2) is 0 Å². The van der Waals surface area contributed by atoms with Gasteiger partial charge in [-0.2, -0.15) is 0 Å². The lowest BCUT2D eigenvalue weighted by molar-refractivity contribution is 0.259. The van der Waals surface area contributed by atoms with Crippen LogP contribution >= 0.6 is 0 Å². The van der Waals surface area contributed by atoms with E-state index < -0.39 is 0 Å². The third-order valence-electron chi connectivity index (χ3n) is 4.19. The van der Waals surface area contributed by atoms with Crippen LogP contribution in [0.25, 0.3) is 0 Å². The molecule has 0 aromatic heterocycles. The lowest BCUT2D eigenvalue weighted by Gasteiger charge is -2.23. The standard InChI is InChI=1S/C20H23N3O/c1-3-16-9-11-18(12-10-16)23(19-8-5-13-21-19)20(24)22-17-7-4-6-15(2)14-17/h4,6-7,9-12,14H,3,5,8,13H2,1-2H3,(H,22,24). The number of aryl methyl sites for hydroxylation is 2. The second kappa shape index (κ2) is 7.30. The summed E-state index contributed by atoms with van der Waals surface area (Å²) < 4.78 is 0. The van der Waals surface area contributed by atoms with Crippen molar-refractivity contribution in [2.75, 3.05) is 16.8 Å². The van der Waals surface area contributed by atoms with E-state index in [1.807, 2.05) is 43.3 Å². The van der Waals surface area contributed by atoms with Gasteiger partial charge in [0.05, 0.1) is 5.69 Å².